The molecule has 0 aromatic heterocycles. The van der Waals surface area contributed by atoms with Gasteiger partial charge in [0.05, 0.1) is 6.54 Å². The van der Waals surface area contributed by atoms with Gasteiger partial charge in [0, 0.05) is 11.3 Å². The van der Waals surface area contributed by atoms with E-state index < -0.39 is 5.91 Å². The number of guanidine groups is 1. The van der Waals surface area contributed by atoms with Gasteiger partial charge in [-0.3, -0.25) is 4.79 Å². The predicted molar refractivity (Wildman–Crippen MR) is 89.8 cm³/mol. The van der Waals surface area contributed by atoms with Crippen LogP contribution in [0.3, 0.4) is 0 Å². The summed E-state index contributed by atoms with van der Waals surface area (Å²) in [6, 6.07) is 13.1. The largest absolute Gasteiger partial charge is 0.370 e. The molecule has 0 heterocycles. The van der Waals surface area contributed by atoms with Gasteiger partial charge < -0.3 is 16.8 Å². The van der Waals surface area contributed by atoms with Crippen LogP contribution in [-0.4, -0.2) is 11.9 Å². The fourth-order valence-electron chi connectivity index (χ4n) is 2.19. The van der Waals surface area contributed by atoms with Gasteiger partial charge in [-0.25, -0.2) is 4.99 Å². The van der Waals surface area contributed by atoms with Gasteiger partial charge in [0.15, 0.2) is 5.96 Å². The van der Waals surface area contributed by atoms with Gasteiger partial charge in [-0.1, -0.05) is 18.2 Å². The molecule has 0 saturated carbocycles. The van der Waals surface area contributed by atoms with Crippen LogP contribution >= 0.6 is 0 Å². The number of hydrogen-bond acceptors (Lipinski definition) is 2. The van der Waals surface area contributed by atoms with E-state index in [1.54, 1.807) is 12.1 Å². The van der Waals surface area contributed by atoms with Gasteiger partial charge in [-0.05, 0) is 54.8 Å². The summed E-state index contributed by atoms with van der Waals surface area (Å²) in [5.74, 6) is -0.0879. The Morgan fingerprint density at radius 3 is 2.18 bits per heavy atom. The Morgan fingerprint density at radius 1 is 1.05 bits per heavy atom. The molecule has 0 aliphatic heterocycles. The van der Waals surface area contributed by atoms with Gasteiger partial charge in [0.2, 0.25) is 5.91 Å². The molecular weight excluding hydrogens is 276 g/mol. The molecule has 0 unspecified atom stereocenters. The molecule has 0 spiro atoms. The maximum Gasteiger partial charge on any atom is 0.248 e. The number of hydrogen-bond donors (Lipinski definition) is 3. The minimum absolute atomic E-state index is 0.351. The highest BCUT2D eigenvalue weighted by atomic mass is 16.1. The number of carbonyl (C=O) groups excluding carboxylic acids is 1. The molecule has 2 aromatic rings. The number of carbonyl (C=O) groups is 1. The third-order valence-corrected chi connectivity index (χ3v) is 3.16. The summed E-state index contributed by atoms with van der Waals surface area (Å²) in [5.41, 5.74) is 15.8. The molecule has 22 heavy (non-hydrogen) atoms. The Bertz CT molecular complexity index is 685. The van der Waals surface area contributed by atoms with Gasteiger partial charge >= 0.3 is 0 Å². The zero-order valence-corrected chi connectivity index (χ0v) is 12.8. The Labute approximate surface area is 130 Å². The maximum atomic E-state index is 11.0. The summed E-state index contributed by atoms with van der Waals surface area (Å²) in [4.78, 5) is 15.3. The molecule has 114 valence electrons. The summed E-state index contributed by atoms with van der Waals surface area (Å²) in [6.07, 6.45) is 0. The Hall–Kier alpha value is -2.82. The van der Waals surface area contributed by atoms with Crippen molar-refractivity contribution in [1.29, 1.82) is 0 Å². The van der Waals surface area contributed by atoms with Crippen LogP contribution in [0.15, 0.2) is 47.5 Å². The van der Waals surface area contributed by atoms with Crippen molar-refractivity contribution in [3.05, 3.63) is 64.7 Å². The molecule has 0 radical (unpaired) electrons. The molecule has 0 fully saturated rings. The number of nitrogens with two attached hydrogens (primary N) is 2. The predicted octanol–water partition coefficient (Wildman–Crippen LogP) is 2.33. The number of anilines is 1. The fraction of sp³-hybridized carbons (Fsp3) is 0.176. The molecule has 0 bridgehead atoms. The number of amides is 1. The summed E-state index contributed by atoms with van der Waals surface area (Å²) < 4.78 is 0. The molecule has 0 aliphatic carbocycles. The Kier molecular flexibility index (Phi) is 4.78. The summed E-state index contributed by atoms with van der Waals surface area (Å²) >= 11 is 0. The van der Waals surface area contributed by atoms with Crippen LogP contribution in [0.1, 0.15) is 27.0 Å². The van der Waals surface area contributed by atoms with Crippen LogP contribution in [0.4, 0.5) is 5.69 Å². The summed E-state index contributed by atoms with van der Waals surface area (Å²) in [5, 5.41) is 3.08. The van der Waals surface area contributed by atoms with E-state index in [4.69, 9.17) is 11.5 Å². The molecule has 5 nitrogen and oxygen atoms in total. The topological polar surface area (TPSA) is 93.5 Å². The zero-order valence-electron chi connectivity index (χ0n) is 12.8. The third kappa shape index (κ3) is 4.34. The van der Waals surface area contributed by atoms with Gasteiger partial charge in [-0.2, -0.15) is 0 Å². The number of nitrogens with one attached hydrogen (secondary N) is 1. The molecule has 0 aliphatic rings. The van der Waals surface area contributed by atoms with Crippen LogP contribution in [0.5, 0.6) is 0 Å². The number of benzene rings is 2. The molecular formula is C17H20N4O. The third-order valence-electron chi connectivity index (χ3n) is 3.16. The lowest BCUT2D eigenvalue weighted by Crippen LogP contribution is -2.22. The second-order valence-electron chi connectivity index (χ2n) is 5.26. The average Bonchev–Trinajstić information content (AvgIpc) is 2.44. The zero-order chi connectivity index (χ0) is 16.1. The summed E-state index contributed by atoms with van der Waals surface area (Å²) in [6.45, 7) is 4.50. The second kappa shape index (κ2) is 6.76. The van der Waals surface area contributed by atoms with Crippen molar-refractivity contribution in [2.24, 2.45) is 16.5 Å². The SMILES string of the molecule is Cc1cc(C)cc(NC(N)=NCc2ccc(C(N)=O)cc2)c1. The van der Waals surface area contributed by atoms with Crippen molar-refractivity contribution in [2.75, 3.05) is 5.32 Å². The van der Waals surface area contributed by atoms with E-state index in [1.807, 2.05) is 38.1 Å². The van der Waals surface area contributed by atoms with Crippen molar-refractivity contribution < 1.29 is 4.79 Å². The van der Waals surface area contributed by atoms with Crippen molar-refractivity contribution in [1.82, 2.24) is 0 Å². The molecule has 2 aromatic carbocycles. The van der Waals surface area contributed by atoms with Crippen LogP contribution in [0, 0.1) is 13.8 Å². The lowest BCUT2D eigenvalue weighted by Gasteiger charge is -2.08. The molecule has 5 N–H and O–H groups in total. The number of nitrogens with zero attached hydrogens (tertiary/aromatic N) is 1. The molecule has 0 saturated heterocycles. The maximum absolute atomic E-state index is 11.0. The van der Waals surface area contributed by atoms with Crippen LogP contribution < -0.4 is 16.8 Å². The van der Waals surface area contributed by atoms with Crippen LogP contribution in [0.2, 0.25) is 0 Å². The smallest absolute Gasteiger partial charge is 0.248 e. The molecule has 1 amide bonds. The van der Waals surface area contributed by atoms with Gasteiger partial charge in [-0.15, -0.1) is 0 Å². The molecule has 5 heteroatoms. The first-order chi connectivity index (χ1) is 10.4. The van der Waals surface area contributed by atoms with E-state index in [-0.39, 0.29) is 0 Å². The second-order valence-corrected chi connectivity index (χ2v) is 5.26. The van der Waals surface area contributed by atoms with E-state index in [1.165, 1.54) is 0 Å². The van der Waals surface area contributed by atoms with E-state index >= 15 is 0 Å². The first kappa shape index (κ1) is 15.6. The van der Waals surface area contributed by atoms with Crippen molar-refractivity contribution in [2.45, 2.75) is 20.4 Å². The van der Waals surface area contributed by atoms with Gasteiger partial charge in [0.25, 0.3) is 0 Å². The first-order valence-electron chi connectivity index (χ1n) is 6.98. The quantitative estimate of drug-likeness (QED) is 0.597. The van der Waals surface area contributed by atoms with E-state index in [9.17, 15) is 4.79 Å². The molecule has 0 atom stereocenters. The van der Waals surface area contributed by atoms with Gasteiger partial charge in [0.1, 0.15) is 0 Å². The Morgan fingerprint density at radius 2 is 1.64 bits per heavy atom. The standard InChI is InChI=1S/C17H20N4O/c1-11-7-12(2)9-15(8-11)21-17(19)20-10-13-3-5-14(6-4-13)16(18)22/h3-9H,10H2,1-2H3,(H2,18,22)(H3,19,20,21). The number of aryl methyl sites for hydroxylation is 2. The van der Waals surface area contributed by atoms with E-state index in [2.05, 4.69) is 16.4 Å². The van der Waals surface area contributed by atoms with E-state index in [0.29, 0.717) is 18.1 Å². The number of rotatable bonds is 4. The average molecular weight is 296 g/mol. The summed E-state index contributed by atoms with van der Waals surface area (Å²) in [7, 11) is 0. The number of primary amides is 1. The normalized spacial score (nSPS) is 11.3. The minimum atomic E-state index is -0.439. The number of aliphatic imine (C=N–C) groups is 1. The highest BCUT2D eigenvalue weighted by molar-refractivity contribution is 5.93. The van der Waals surface area contributed by atoms with Crippen molar-refractivity contribution in [3.63, 3.8) is 0 Å². The fourth-order valence-corrected chi connectivity index (χ4v) is 2.19. The highest BCUT2D eigenvalue weighted by Gasteiger charge is 2.00. The van der Waals surface area contributed by atoms with E-state index in [0.717, 1.165) is 22.4 Å². The Balaban J connectivity index is 2.01. The van der Waals surface area contributed by atoms with Crippen molar-refractivity contribution >= 4 is 17.6 Å². The first-order valence-corrected chi connectivity index (χ1v) is 6.98. The molecule has 2 rings (SSSR count). The lowest BCUT2D eigenvalue weighted by molar-refractivity contribution is 0.100. The highest BCUT2D eigenvalue weighted by Crippen LogP contribution is 2.13. The minimum Gasteiger partial charge on any atom is -0.370 e. The van der Waals surface area contributed by atoms with Crippen molar-refractivity contribution in [3.8, 4) is 0 Å². The van der Waals surface area contributed by atoms with Crippen LogP contribution in [0.25, 0.3) is 0 Å². The lowest BCUT2D eigenvalue weighted by atomic mass is 10.1. The van der Waals surface area contributed by atoms with Crippen LogP contribution in [-0.2, 0) is 6.54 Å². The monoisotopic (exact) mass is 296 g/mol.